The van der Waals surface area contributed by atoms with Crippen LogP contribution in [0.5, 0.6) is 17.2 Å². The van der Waals surface area contributed by atoms with Crippen molar-refractivity contribution in [2.24, 2.45) is 7.05 Å². The molecule has 0 aliphatic carbocycles. The predicted molar refractivity (Wildman–Crippen MR) is 130 cm³/mol. The number of aromatic nitrogens is 2. The quantitative estimate of drug-likeness (QED) is 0.537. The van der Waals surface area contributed by atoms with Gasteiger partial charge in [-0.25, -0.2) is 0 Å². The number of hydrogen-bond donors (Lipinski definition) is 1. The highest BCUT2D eigenvalue weighted by Gasteiger charge is 2.23. The highest BCUT2D eigenvalue weighted by atomic mass is 35.5. The van der Waals surface area contributed by atoms with Gasteiger partial charge in [0, 0.05) is 24.8 Å². The maximum Gasteiger partial charge on any atom is 0.257 e. The van der Waals surface area contributed by atoms with Crippen LogP contribution in [0.25, 0.3) is 0 Å². The normalized spacial score (nSPS) is 15.0. The van der Waals surface area contributed by atoms with E-state index in [1.807, 2.05) is 24.3 Å². The van der Waals surface area contributed by atoms with Crippen LogP contribution in [-0.2, 0) is 11.8 Å². The van der Waals surface area contributed by atoms with Gasteiger partial charge in [0.25, 0.3) is 5.91 Å². The number of fused-ring (bicyclic) bond motifs is 2. The summed E-state index contributed by atoms with van der Waals surface area (Å²) in [5.41, 5.74) is 1.52. The van der Waals surface area contributed by atoms with Crippen molar-refractivity contribution in [3.63, 3.8) is 0 Å². The molecule has 1 N–H and O–H groups in total. The van der Waals surface area contributed by atoms with Crippen LogP contribution >= 0.6 is 11.6 Å². The number of carbonyl (C=O) groups is 2. The smallest absolute Gasteiger partial charge is 0.257 e. The van der Waals surface area contributed by atoms with Crippen molar-refractivity contribution in [2.45, 2.75) is 26.2 Å². The fraction of sp³-hybridized carbons (Fsp3) is 0.320. The molecule has 0 bridgehead atoms. The topological polar surface area (TPSA) is 85.7 Å². The molecule has 3 aromatic rings. The van der Waals surface area contributed by atoms with Gasteiger partial charge >= 0.3 is 0 Å². The Bertz CT molecular complexity index is 1190. The highest BCUT2D eigenvalue weighted by Crippen LogP contribution is 2.36. The molecule has 0 fully saturated rings. The first-order valence-electron chi connectivity index (χ1n) is 11.2. The Hall–Kier alpha value is -3.52. The zero-order valence-electron chi connectivity index (χ0n) is 19.2. The monoisotopic (exact) mass is 482 g/mol. The van der Waals surface area contributed by atoms with E-state index in [0.717, 1.165) is 19.3 Å². The lowest BCUT2D eigenvalue weighted by molar-refractivity contribution is -0.116. The Kier molecular flexibility index (Phi) is 7.37. The summed E-state index contributed by atoms with van der Waals surface area (Å²) in [4.78, 5) is 27.8. The summed E-state index contributed by atoms with van der Waals surface area (Å²) in [5.74, 6) is 1.01. The minimum absolute atomic E-state index is 0.105. The Labute approximate surface area is 203 Å². The third kappa shape index (κ3) is 5.69. The predicted octanol–water partition coefficient (Wildman–Crippen LogP) is 4.82. The number of benzene rings is 2. The van der Waals surface area contributed by atoms with Gasteiger partial charge in [0.2, 0.25) is 5.91 Å². The second-order valence-electron chi connectivity index (χ2n) is 8.18. The summed E-state index contributed by atoms with van der Waals surface area (Å²) in [6.07, 6.45) is 4.07. The van der Waals surface area contributed by atoms with E-state index in [1.165, 1.54) is 0 Å². The summed E-state index contributed by atoms with van der Waals surface area (Å²) in [6.45, 7) is 2.63. The Morgan fingerprint density at radius 3 is 2.65 bits per heavy atom. The number of hydrogen-bond acceptors (Lipinski definition) is 5. The molecule has 0 spiro atoms. The number of nitrogens with zero attached hydrogens (tertiary/aromatic N) is 3. The van der Waals surface area contributed by atoms with Crippen molar-refractivity contribution in [3.05, 3.63) is 64.9 Å². The van der Waals surface area contributed by atoms with Crippen LogP contribution in [0.1, 0.15) is 35.3 Å². The molecule has 8 nitrogen and oxygen atoms in total. The van der Waals surface area contributed by atoms with E-state index in [4.69, 9.17) is 21.1 Å². The molecule has 0 saturated heterocycles. The molecule has 0 atom stereocenters. The van der Waals surface area contributed by atoms with Crippen LogP contribution in [0.2, 0.25) is 5.02 Å². The van der Waals surface area contributed by atoms with E-state index < -0.39 is 0 Å². The zero-order valence-corrected chi connectivity index (χ0v) is 20.0. The van der Waals surface area contributed by atoms with Crippen LogP contribution in [-0.4, -0.2) is 46.2 Å². The molecule has 1 aliphatic heterocycles. The van der Waals surface area contributed by atoms with Gasteiger partial charge in [-0.3, -0.25) is 14.3 Å². The van der Waals surface area contributed by atoms with Gasteiger partial charge in [-0.1, -0.05) is 23.7 Å². The number of halogens is 1. The lowest BCUT2D eigenvalue weighted by Gasteiger charge is -2.22. The van der Waals surface area contributed by atoms with E-state index in [9.17, 15) is 9.59 Å². The average molecular weight is 483 g/mol. The highest BCUT2D eigenvalue weighted by molar-refractivity contribution is 6.31. The Balaban J connectivity index is 1.62. The first-order valence-corrected chi connectivity index (χ1v) is 11.6. The van der Waals surface area contributed by atoms with E-state index in [-0.39, 0.29) is 18.4 Å². The van der Waals surface area contributed by atoms with Crippen molar-refractivity contribution < 1.29 is 19.1 Å². The van der Waals surface area contributed by atoms with Gasteiger partial charge in [-0.2, -0.15) is 5.10 Å². The van der Waals surface area contributed by atoms with E-state index in [2.05, 4.69) is 10.4 Å². The summed E-state index contributed by atoms with van der Waals surface area (Å²) in [7, 11) is 1.76. The Morgan fingerprint density at radius 2 is 1.88 bits per heavy atom. The molecule has 178 valence electrons. The summed E-state index contributed by atoms with van der Waals surface area (Å²) < 4.78 is 13.6. The van der Waals surface area contributed by atoms with Crippen molar-refractivity contribution in [2.75, 3.05) is 25.0 Å². The second kappa shape index (κ2) is 10.6. The van der Waals surface area contributed by atoms with Crippen molar-refractivity contribution in [1.82, 2.24) is 14.7 Å². The fourth-order valence-corrected chi connectivity index (χ4v) is 3.99. The summed E-state index contributed by atoms with van der Waals surface area (Å²) >= 11 is 6.19. The number of carbonyl (C=O) groups excluding carboxylic acids is 2. The third-order valence-electron chi connectivity index (χ3n) is 5.48. The lowest BCUT2D eigenvalue weighted by Crippen LogP contribution is -2.39. The molecule has 1 aliphatic rings. The number of para-hydroxylation sites is 2. The molecule has 0 radical (unpaired) electrons. The maximum atomic E-state index is 13.2. The number of rotatable bonds is 1. The fourth-order valence-electron chi connectivity index (χ4n) is 3.82. The van der Waals surface area contributed by atoms with E-state index in [0.29, 0.717) is 52.4 Å². The Morgan fingerprint density at radius 1 is 1.09 bits per heavy atom. The molecule has 2 heterocycles. The lowest BCUT2D eigenvalue weighted by atomic mass is 10.2. The molecular formula is C25H27ClN4O4. The van der Waals surface area contributed by atoms with Gasteiger partial charge < -0.3 is 19.7 Å². The standard InChI is InChI=1S/C25H27ClN4O4/c1-17-19(15-29(2)28-17)25(32)30-12-6-3-7-13-33-22-8-4-5-9-23(22)34-21-11-10-18(26)14-20(21)27-24(31)16-30/h4-5,8-11,14-15H,3,6-7,12-13,16H2,1-2H3,(H,27,31). The molecule has 2 amide bonds. The third-order valence-corrected chi connectivity index (χ3v) is 5.72. The second-order valence-corrected chi connectivity index (χ2v) is 8.61. The molecular weight excluding hydrogens is 456 g/mol. The van der Waals surface area contributed by atoms with Gasteiger partial charge in [-0.15, -0.1) is 0 Å². The van der Waals surface area contributed by atoms with Crippen LogP contribution in [0.15, 0.2) is 48.7 Å². The number of anilines is 1. The number of nitrogens with one attached hydrogen (secondary N) is 1. The average Bonchev–Trinajstić information content (AvgIpc) is 3.14. The van der Waals surface area contributed by atoms with E-state index >= 15 is 0 Å². The van der Waals surface area contributed by atoms with Crippen molar-refractivity contribution in [3.8, 4) is 17.2 Å². The largest absolute Gasteiger partial charge is 0.490 e. The molecule has 0 saturated carbocycles. The van der Waals surface area contributed by atoms with Gasteiger partial charge in [0.05, 0.1) is 23.6 Å². The van der Waals surface area contributed by atoms with Crippen LogP contribution in [0.3, 0.4) is 0 Å². The molecule has 0 unspecified atom stereocenters. The first kappa shape index (κ1) is 23.6. The van der Waals surface area contributed by atoms with Gasteiger partial charge in [-0.05, 0) is 56.5 Å². The molecule has 1 aromatic heterocycles. The summed E-state index contributed by atoms with van der Waals surface area (Å²) in [6, 6.07) is 12.4. The minimum Gasteiger partial charge on any atom is -0.490 e. The van der Waals surface area contributed by atoms with Crippen molar-refractivity contribution >= 4 is 29.1 Å². The minimum atomic E-state index is -0.346. The van der Waals surface area contributed by atoms with Crippen LogP contribution in [0.4, 0.5) is 5.69 Å². The molecule has 9 heteroatoms. The number of amides is 2. The van der Waals surface area contributed by atoms with Gasteiger partial charge in [0.15, 0.2) is 17.2 Å². The SMILES string of the molecule is Cc1nn(C)cc1C(=O)N1CCCCCOc2ccccc2Oc2ccc(Cl)cc2NC(=O)C1. The summed E-state index contributed by atoms with van der Waals surface area (Å²) in [5, 5.41) is 7.56. The maximum absolute atomic E-state index is 13.2. The number of aryl methyl sites for hydroxylation is 2. The van der Waals surface area contributed by atoms with Crippen LogP contribution in [0, 0.1) is 6.92 Å². The molecule has 4 rings (SSSR count). The molecule has 2 aromatic carbocycles. The first-order chi connectivity index (χ1) is 16.4. The number of ether oxygens (including phenoxy) is 2. The van der Waals surface area contributed by atoms with E-state index in [1.54, 1.807) is 47.9 Å². The molecule has 34 heavy (non-hydrogen) atoms. The zero-order chi connectivity index (χ0) is 24.1. The van der Waals surface area contributed by atoms with Crippen molar-refractivity contribution in [1.29, 1.82) is 0 Å². The van der Waals surface area contributed by atoms with Crippen LogP contribution < -0.4 is 14.8 Å². The van der Waals surface area contributed by atoms with Gasteiger partial charge in [0.1, 0.15) is 6.54 Å².